The summed E-state index contributed by atoms with van der Waals surface area (Å²) < 4.78 is 104. The summed E-state index contributed by atoms with van der Waals surface area (Å²) in [6.07, 6.45) is 0. The number of carboxylic acid groups (broad SMARTS) is 1. The Morgan fingerprint density at radius 1 is 0.923 bits per heavy atom. The van der Waals surface area contributed by atoms with Gasteiger partial charge in [-0.2, -0.15) is 26.0 Å². The maximum Gasteiger partial charge on any atom is 0.534 e. The second kappa shape index (κ2) is 6.52. The molecule has 0 aromatic heterocycles. The van der Waals surface area contributed by atoms with Crippen LogP contribution in [0.15, 0.2) is 30.3 Å². The topological polar surface area (TPSA) is 80.7 Å². The Morgan fingerprint density at radius 3 is 2.04 bits per heavy atom. The lowest BCUT2D eigenvalue weighted by atomic mass is 10.0. The fourth-order valence-electron chi connectivity index (χ4n) is 1.87. The lowest BCUT2D eigenvalue weighted by molar-refractivity contribution is -0.0501. The fraction of sp³-hybridized carbons (Fsp3) is 0.0714. The first kappa shape index (κ1) is 19.6. The van der Waals surface area contributed by atoms with E-state index in [2.05, 4.69) is 4.18 Å². The van der Waals surface area contributed by atoms with Crippen LogP contribution in [0.1, 0.15) is 10.4 Å². The van der Waals surface area contributed by atoms with Crippen molar-refractivity contribution < 1.29 is 48.8 Å². The van der Waals surface area contributed by atoms with Gasteiger partial charge >= 0.3 is 21.6 Å². The first-order valence-corrected chi connectivity index (χ1v) is 7.78. The van der Waals surface area contributed by atoms with Crippen molar-refractivity contribution in [2.45, 2.75) is 5.51 Å². The average Bonchev–Trinajstić information content (AvgIpc) is 2.51. The van der Waals surface area contributed by atoms with Crippen LogP contribution in [0, 0.1) is 17.5 Å². The monoisotopic (exact) mass is 400 g/mol. The predicted molar refractivity (Wildman–Crippen MR) is 74.3 cm³/mol. The predicted octanol–water partition coefficient (Wildman–Crippen LogP) is 3.70. The molecule has 2 aromatic carbocycles. The van der Waals surface area contributed by atoms with Gasteiger partial charge in [0.15, 0.2) is 11.6 Å². The zero-order valence-corrected chi connectivity index (χ0v) is 13.0. The van der Waals surface area contributed by atoms with Crippen molar-refractivity contribution in [3.05, 3.63) is 53.3 Å². The minimum Gasteiger partial charge on any atom is -0.478 e. The molecular formula is C14H6F6O5S. The van der Waals surface area contributed by atoms with E-state index in [-0.39, 0.29) is 0 Å². The second-order valence-electron chi connectivity index (χ2n) is 4.69. The Balaban J connectivity index is 2.56. The van der Waals surface area contributed by atoms with E-state index in [4.69, 9.17) is 5.11 Å². The van der Waals surface area contributed by atoms with Crippen LogP contribution in [0.3, 0.4) is 0 Å². The van der Waals surface area contributed by atoms with Gasteiger partial charge in [0.25, 0.3) is 0 Å². The minimum absolute atomic E-state index is 0.337. The molecule has 0 radical (unpaired) electrons. The molecule has 1 N–H and O–H groups in total. The third-order valence-corrected chi connectivity index (χ3v) is 4.02. The Bertz CT molecular complexity index is 984. The third kappa shape index (κ3) is 3.45. The summed E-state index contributed by atoms with van der Waals surface area (Å²) in [4.78, 5) is 10.9. The van der Waals surface area contributed by atoms with Gasteiger partial charge in [-0.05, 0) is 18.2 Å². The molecule has 0 fully saturated rings. The van der Waals surface area contributed by atoms with Crippen LogP contribution in [0.4, 0.5) is 26.3 Å². The van der Waals surface area contributed by atoms with E-state index in [1.165, 1.54) is 0 Å². The van der Waals surface area contributed by atoms with Gasteiger partial charge in [0.1, 0.15) is 5.82 Å². The van der Waals surface area contributed by atoms with Gasteiger partial charge in [-0.15, -0.1) is 0 Å². The third-order valence-electron chi connectivity index (χ3n) is 3.05. The van der Waals surface area contributed by atoms with Crippen molar-refractivity contribution in [2.24, 2.45) is 0 Å². The van der Waals surface area contributed by atoms with E-state index < -0.39 is 61.5 Å². The van der Waals surface area contributed by atoms with Crippen LogP contribution in [0.5, 0.6) is 5.75 Å². The number of hydrogen-bond donors (Lipinski definition) is 1. The first-order chi connectivity index (χ1) is 11.9. The average molecular weight is 400 g/mol. The van der Waals surface area contributed by atoms with Crippen molar-refractivity contribution in [1.29, 1.82) is 0 Å². The normalized spacial score (nSPS) is 12.1. The van der Waals surface area contributed by atoms with Crippen LogP contribution in [-0.4, -0.2) is 25.0 Å². The quantitative estimate of drug-likeness (QED) is 0.481. The molecule has 0 unspecified atom stereocenters. The molecule has 0 bridgehead atoms. The van der Waals surface area contributed by atoms with Gasteiger partial charge in [-0.25, -0.2) is 13.6 Å². The highest BCUT2D eigenvalue weighted by atomic mass is 32.2. The first-order valence-electron chi connectivity index (χ1n) is 6.37. The SMILES string of the molecule is O=C(O)c1cccc(-c2ccc(OS(=O)(=O)C(F)(F)F)c(F)c2F)c1F. The number of aromatic carboxylic acids is 1. The van der Waals surface area contributed by atoms with Crippen LogP contribution < -0.4 is 4.18 Å². The van der Waals surface area contributed by atoms with Crippen LogP contribution >= 0.6 is 0 Å². The van der Waals surface area contributed by atoms with Gasteiger partial charge in [0.05, 0.1) is 5.56 Å². The molecule has 0 heterocycles. The van der Waals surface area contributed by atoms with Crippen molar-refractivity contribution in [1.82, 2.24) is 0 Å². The van der Waals surface area contributed by atoms with Crippen molar-refractivity contribution in [3.63, 3.8) is 0 Å². The molecule has 0 spiro atoms. The molecule has 5 nitrogen and oxygen atoms in total. The fourth-order valence-corrected chi connectivity index (χ4v) is 2.33. The van der Waals surface area contributed by atoms with E-state index >= 15 is 0 Å². The highest BCUT2D eigenvalue weighted by molar-refractivity contribution is 7.88. The summed E-state index contributed by atoms with van der Waals surface area (Å²) in [6.45, 7) is 0. The molecule has 0 saturated carbocycles. The molecule has 2 rings (SSSR count). The maximum absolute atomic E-state index is 14.1. The molecule has 0 aliphatic heterocycles. The summed E-state index contributed by atoms with van der Waals surface area (Å²) in [5, 5.41) is 8.81. The Labute approximate surface area is 141 Å². The van der Waals surface area contributed by atoms with E-state index in [0.717, 1.165) is 18.2 Å². The lowest BCUT2D eigenvalue weighted by Crippen LogP contribution is -2.28. The lowest BCUT2D eigenvalue weighted by Gasteiger charge is -2.12. The number of alkyl halides is 3. The molecular weight excluding hydrogens is 394 g/mol. The van der Waals surface area contributed by atoms with E-state index in [1.54, 1.807) is 0 Å². The number of rotatable bonds is 4. The van der Waals surface area contributed by atoms with Crippen molar-refractivity contribution in [2.75, 3.05) is 0 Å². The smallest absolute Gasteiger partial charge is 0.478 e. The Kier molecular flexibility index (Phi) is 4.90. The van der Waals surface area contributed by atoms with E-state index in [1.807, 2.05) is 0 Å². The second-order valence-corrected chi connectivity index (χ2v) is 6.23. The zero-order valence-electron chi connectivity index (χ0n) is 12.1. The number of carbonyl (C=O) groups is 1. The molecule has 2 aromatic rings. The Hall–Kier alpha value is -2.76. The molecule has 0 aliphatic rings. The van der Waals surface area contributed by atoms with Crippen LogP contribution in [-0.2, 0) is 10.1 Å². The summed E-state index contributed by atoms with van der Waals surface area (Å²) in [7, 11) is -6.25. The largest absolute Gasteiger partial charge is 0.534 e. The summed E-state index contributed by atoms with van der Waals surface area (Å²) in [5.74, 6) is -8.77. The Morgan fingerprint density at radius 2 is 1.50 bits per heavy atom. The van der Waals surface area contributed by atoms with E-state index in [0.29, 0.717) is 12.1 Å². The van der Waals surface area contributed by atoms with E-state index in [9.17, 15) is 39.6 Å². The molecule has 0 saturated heterocycles. The van der Waals surface area contributed by atoms with Crippen LogP contribution in [0.25, 0.3) is 11.1 Å². The summed E-state index contributed by atoms with van der Waals surface area (Å²) in [6, 6.07) is 3.65. The molecule has 0 atom stereocenters. The standard InChI is InChI=1S/C14H6F6O5S/c15-10-6(2-1-3-8(10)13(21)22)7-4-5-9(12(17)11(7)16)25-26(23,24)14(18,19)20/h1-5H,(H,21,22). The number of hydrogen-bond acceptors (Lipinski definition) is 4. The zero-order chi connectivity index (χ0) is 19.9. The number of halogens is 6. The molecule has 0 aliphatic carbocycles. The number of benzene rings is 2. The molecule has 26 heavy (non-hydrogen) atoms. The van der Waals surface area contributed by atoms with Gasteiger partial charge in [0.2, 0.25) is 5.82 Å². The van der Waals surface area contributed by atoms with Crippen molar-refractivity contribution in [3.8, 4) is 16.9 Å². The highest BCUT2D eigenvalue weighted by Gasteiger charge is 2.49. The minimum atomic E-state index is -6.25. The molecule has 12 heteroatoms. The molecule has 0 amide bonds. The summed E-state index contributed by atoms with van der Waals surface area (Å²) >= 11 is 0. The van der Waals surface area contributed by atoms with Gasteiger partial charge in [-0.1, -0.05) is 12.1 Å². The van der Waals surface area contributed by atoms with Gasteiger partial charge in [0, 0.05) is 11.1 Å². The maximum atomic E-state index is 14.1. The van der Waals surface area contributed by atoms with Gasteiger partial charge in [-0.3, -0.25) is 0 Å². The number of carboxylic acids is 1. The highest BCUT2D eigenvalue weighted by Crippen LogP contribution is 2.34. The molecule has 140 valence electrons. The summed E-state index contributed by atoms with van der Waals surface area (Å²) in [5.41, 5.74) is -8.29. The van der Waals surface area contributed by atoms with Gasteiger partial charge < -0.3 is 9.29 Å². The van der Waals surface area contributed by atoms with Crippen molar-refractivity contribution >= 4 is 16.1 Å². The van der Waals surface area contributed by atoms with Crippen LogP contribution in [0.2, 0.25) is 0 Å².